The van der Waals surface area contributed by atoms with E-state index in [1.54, 1.807) is 59.3 Å². The Hall–Kier alpha value is -12.1. The maximum atomic E-state index is 14.9. The molecule has 666 valence electrons. The predicted octanol–water partition coefficient (Wildman–Crippen LogP) is 10.8. The van der Waals surface area contributed by atoms with Crippen LogP contribution in [0.15, 0.2) is 136 Å². The molecule has 37 nitrogen and oxygen atoms in total. The summed E-state index contributed by atoms with van der Waals surface area (Å²) < 4.78 is 152. The summed E-state index contributed by atoms with van der Waals surface area (Å²) in [6, 6.07) is 16.6. The van der Waals surface area contributed by atoms with E-state index in [1.807, 2.05) is 85.1 Å². The third-order valence-corrected chi connectivity index (χ3v) is 19.4. The van der Waals surface area contributed by atoms with Gasteiger partial charge >= 0.3 is 7.12 Å². The smallest absolute Gasteiger partial charge is 0.498 e. The van der Waals surface area contributed by atoms with Crippen LogP contribution in [0, 0.1) is 46.5 Å². The van der Waals surface area contributed by atoms with Gasteiger partial charge in [-0.1, -0.05) is 7.43 Å². The van der Waals surface area contributed by atoms with Gasteiger partial charge in [0.15, 0.2) is 69.6 Å². The topological polar surface area (TPSA) is 459 Å². The molecule has 0 bridgehead atoms. The van der Waals surface area contributed by atoms with Gasteiger partial charge in [0, 0.05) is 106 Å². The number of halogens is 13. The van der Waals surface area contributed by atoms with Gasteiger partial charge in [-0.2, -0.15) is 46.5 Å². The number of aliphatic hydroxyl groups is 1. The molecule has 10 N–H and O–H groups in total. The lowest BCUT2D eigenvalue weighted by atomic mass is 9.82. The number of hydrogen-bond donors (Lipinski definition) is 6. The summed E-state index contributed by atoms with van der Waals surface area (Å²) in [4.78, 5) is 19.9. The van der Waals surface area contributed by atoms with Crippen molar-refractivity contribution in [2.24, 2.45) is 14.1 Å². The average molecular weight is 1990 g/mol. The van der Waals surface area contributed by atoms with Crippen LogP contribution in [0.25, 0.3) is 79.4 Å². The Morgan fingerprint density at radius 1 is 0.444 bits per heavy atom. The number of pyridine rings is 4. The molecule has 0 amide bonds. The van der Waals surface area contributed by atoms with Gasteiger partial charge in [0.25, 0.3) is 0 Å². The lowest BCUT2D eigenvalue weighted by Gasteiger charge is -2.32. The summed E-state index contributed by atoms with van der Waals surface area (Å²) in [7, 11) is 10.8. The Balaban J connectivity index is 0.000000179. The molecule has 0 saturated carbocycles. The first-order valence-corrected chi connectivity index (χ1v) is 39.9. The maximum Gasteiger partial charge on any atom is 0.498 e. The number of rotatable bonds is 22. The Labute approximate surface area is 748 Å². The molecule has 1 aliphatic heterocycles. The number of phenols is 1. The lowest BCUT2D eigenvalue weighted by molar-refractivity contribution is 0.00578. The number of aryl methyl sites for hydroxylation is 2. The molecule has 126 heavy (non-hydrogen) atoms. The van der Waals surface area contributed by atoms with E-state index in [1.165, 1.54) is 55.0 Å². The number of nitrogen functional groups attached to an aromatic ring is 4. The summed E-state index contributed by atoms with van der Waals surface area (Å²) in [5.74, 6) is -9.47. The molecular formula is C75H80BBr3Cl2F8N30O7. The van der Waals surface area contributed by atoms with Crippen LogP contribution in [-0.4, -0.2) is 238 Å². The minimum atomic E-state index is -1.39. The van der Waals surface area contributed by atoms with E-state index in [4.69, 9.17) is 74.8 Å². The van der Waals surface area contributed by atoms with Crippen molar-refractivity contribution in [3.8, 4) is 102 Å². The molecule has 1 aliphatic rings. The summed E-state index contributed by atoms with van der Waals surface area (Å²) in [6.45, 7) is 9.87. The van der Waals surface area contributed by atoms with E-state index < -0.39 is 52.3 Å². The second kappa shape index (κ2) is 43.7. The summed E-state index contributed by atoms with van der Waals surface area (Å²) in [6.07, 6.45) is 13.2. The number of likely N-dealkylation sites (N-methyl/N-ethyl adjacent to an activating group) is 2. The number of nitrogens with zero attached hydrogens (tertiary/aromatic N) is 26. The summed E-state index contributed by atoms with van der Waals surface area (Å²) in [5.41, 5.74) is 26.1. The number of ether oxygens (including phenoxy) is 3. The molecule has 51 heteroatoms. The van der Waals surface area contributed by atoms with Gasteiger partial charge in [0.05, 0.1) is 52.1 Å². The third-order valence-electron chi connectivity index (χ3n) is 17.7. The average Bonchev–Trinajstić information content (AvgIpc) is 1.62. The van der Waals surface area contributed by atoms with Crippen molar-refractivity contribution in [3.05, 3.63) is 182 Å². The van der Waals surface area contributed by atoms with Crippen LogP contribution in [0.5, 0.6) is 23.0 Å². The first-order valence-electron chi connectivity index (χ1n) is 36.5. The highest BCUT2D eigenvalue weighted by atomic mass is 79.9. The largest absolute Gasteiger partial charge is 0.505 e. The first kappa shape index (κ1) is 97.7. The molecule has 0 atom stereocenters. The molecule has 11 heterocycles. The second-order valence-electron chi connectivity index (χ2n) is 27.6. The summed E-state index contributed by atoms with van der Waals surface area (Å²) >= 11 is 20.2. The standard InChI is InChI=1S/C20H21F2N9O.C16H16BrF2N7O.C14H10BrClF2N6O.C12H7BrF2N6O.C10H17BN2O2.C2H5ClO.CH4/c1-29(2)6-7-32-16-5-4-15(17(21)18(16)22)31-20(26-27-28-31)14-8-12(9-24-19(14)23)13-10-25-30(3)11-13;1-25(2)5-6-27-12-4-3-11(13(18)14(12)19)26-16(22-23-24-26)10-7-9(17)8-21-15(10)20;15-7-5-8(13(19)20-6-7)14-21-22-23-24(14)9-1-2-10(25-4-3-16)12(18)11(9)17;13-5-3-6(11(16)17-4-5)12-18-19-20-21(12)7-1-2-8(22)10(15)9(7)14;1-9(2)10(3,4)15-11(14-9)8-6-12-13(5)7-8;3-1-2-4;/h4-5,8-11H,6-7H2,1-3H3,(H2,23,24);3-4,7-8H,5-6H2,1-2H3,(H2,20,21);1-2,5-6H,3-4H2,(H2,19,20);1-4,22H,(H2,16,17);6-7H,1-5H3;4H,1-2H2;1H4. The molecule has 1 saturated heterocycles. The van der Waals surface area contributed by atoms with Gasteiger partial charge in [0.2, 0.25) is 23.3 Å². The van der Waals surface area contributed by atoms with Crippen molar-refractivity contribution in [2.75, 3.05) is 102 Å². The number of anilines is 4. The highest BCUT2D eigenvalue weighted by Gasteiger charge is 2.52. The van der Waals surface area contributed by atoms with E-state index in [0.29, 0.717) is 60.2 Å². The molecule has 14 aromatic rings. The highest BCUT2D eigenvalue weighted by Crippen LogP contribution is 2.39. The molecule has 0 spiro atoms. The van der Waals surface area contributed by atoms with Crippen molar-refractivity contribution in [3.63, 3.8) is 0 Å². The van der Waals surface area contributed by atoms with Crippen LogP contribution in [0.3, 0.4) is 0 Å². The normalized spacial score (nSPS) is 12.3. The zero-order chi connectivity index (χ0) is 90.9. The molecular weight excluding hydrogens is 1910 g/mol. The quantitative estimate of drug-likeness (QED) is 0.0208. The molecule has 1 fully saturated rings. The van der Waals surface area contributed by atoms with Gasteiger partial charge < -0.3 is 66.5 Å². The van der Waals surface area contributed by atoms with Crippen LogP contribution < -0.4 is 42.6 Å². The molecule has 0 aliphatic carbocycles. The Kier molecular flexibility index (Phi) is 33.9. The SMILES string of the molecule is C.CN(C)CCOc1ccc(-n2nnnc2-c2cc(-c3cnn(C)c3)cnc2N)c(F)c1F.CN(C)CCOc1ccc(-n2nnnc2-c2cc(Br)cnc2N)c(F)c1F.Cn1cc(B2OC(C)(C)C(C)(C)O2)cn1.Nc1ncc(Br)cc1-c1nnnn1-c1ccc(O)c(F)c1F.Nc1ncc(Br)cc1-c1nnnn1-c1ccc(OCCCl)c(F)c1F.OCCCl. The van der Waals surface area contributed by atoms with Crippen molar-refractivity contribution in [1.82, 2.24) is 130 Å². The fourth-order valence-electron chi connectivity index (χ4n) is 10.8. The van der Waals surface area contributed by atoms with E-state index in [9.17, 15) is 40.2 Å². The van der Waals surface area contributed by atoms with Crippen LogP contribution in [-0.2, 0) is 23.4 Å². The zero-order valence-corrected chi connectivity index (χ0v) is 73.8. The number of tetrazole rings is 4. The van der Waals surface area contributed by atoms with E-state index in [-0.39, 0.29) is 145 Å². The van der Waals surface area contributed by atoms with Crippen LogP contribution in [0.2, 0.25) is 0 Å². The lowest BCUT2D eigenvalue weighted by Crippen LogP contribution is -2.41. The van der Waals surface area contributed by atoms with Crippen molar-refractivity contribution >= 4 is 107 Å². The van der Waals surface area contributed by atoms with Gasteiger partial charge in [-0.3, -0.25) is 9.36 Å². The fourth-order valence-corrected chi connectivity index (χ4v) is 11.9. The van der Waals surface area contributed by atoms with E-state index in [0.717, 1.165) is 41.9 Å². The van der Waals surface area contributed by atoms with Crippen molar-refractivity contribution in [2.45, 2.75) is 46.3 Å². The van der Waals surface area contributed by atoms with Gasteiger partial charge in [-0.25, -0.2) is 37.5 Å². The van der Waals surface area contributed by atoms with Crippen molar-refractivity contribution in [1.29, 1.82) is 0 Å². The summed E-state index contributed by atoms with van der Waals surface area (Å²) in [5, 5.41) is 69.7. The second-order valence-corrected chi connectivity index (χ2v) is 31.1. The number of aliphatic hydroxyl groups excluding tert-OH is 1. The van der Waals surface area contributed by atoms with Gasteiger partial charge in [0.1, 0.15) is 65.8 Å². The predicted molar refractivity (Wildman–Crippen MR) is 462 cm³/mol. The molecule has 10 aromatic heterocycles. The number of nitrogens with two attached hydrogens (primary N) is 4. The van der Waals surface area contributed by atoms with E-state index in [2.05, 4.69) is 140 Å². The molecule has 4 aromatic carbocycles. The molecule has 15 rings (SSSR count). The van der Waals surface area contributed by atoms with Crippen LogP contribution >= 0.6 is 71.0 Å². The van der Waals surface area contributed by atoms with Crippen LogP contribution in [0.1, 0.15) is 35.1 Å². The molecule has 0 unspecified atom stereocenters. The van der Waals surface area contributed by atoms with E-state index >= 15 is 0 Å². The number of alkyl halides is 2. The number of phenolic OH excluding ortho intramolecular Hbond substituents is 1. The monoisotopic (exact) mass is 1980 g/mol. The van der Waals surface area contributed by atoms with Gasteiger partial charge in [-0.05, 0) is 218 Å². The Morgan fingerprint density at radius 3 is 1.10 bits per heavy atom. The zero-order valence-electron chi connectivity index (χ0n) is 67.6. The Bertz CT molecular complexity index is 6040. The van der Waals surface area contributed by atoms with Crippen molar-refractivity contribution < 1.29 is 68.9 Å². The number of aromatic nitrogens is 24. The fraction of sp³-hybridized carbons (Fsp3) is 0.280. The number of aromatic hydroxyl groups is 1. The number of benzene rings is 4. The third kappa shape index (κ3) is 23.5. The van der Waals surface area contributed by atoms with Crippen LogP contribution in [0.4, 0.5) is 58.4 Å². The number of hydrogen-bond acceptors (Lipinski definition) is 31. The van der Waals surface area contributed by atoms with Gasteiger partial charge in [-0.15, -0.1) is 43.6 Å². The maximum absolute atomic E-state index is 14.9. The molecule has 0 radical (unpaired) electrons. The minimum absolute atomic E-state index is 0. The minimum Gasteiger partial charge on any atom is -0.505 e. The highest BCUT2D eigenvalue weighted by molar-refractivity contribution is 9.11. The first-order chi connectivity index (χ1) is 59.5. The Morgan fingerprint density at radius 2 is 0.770 bits per heavy atom.